The van der Waals surface area contributed by atoms with Crippen LogP contribution in [0, 0.1) is 11.8 Å². The summed E-state index contributed by atoms with van der Waals surface area (Å²) in [5.74, 6) is 1.19. The van der Waals surface area contributed by atoms with Gasteiger partial charge in [0.1, 0.15) is 0 Å². The lowest BCUT2D eigenvalue weighted by atomic mass is 9.99. The van der Waals surface area contributed by atoms with Crippen molar-refractivity contribution in [3.8, 4) is 0 Å². The van der Waals surface area contributed by atoms with Crippen molar-refractivity contribution in [2.75, 3.05) is 26.2 Å². The van der Waals surface area contributed by atoms with E-state index in [2.05, 4.69) is 17.1 Å². The van der Waals surface area contributed by atoms with Gasteiger partial charge >= 0.3 is 0 Å². The fraction of sp³-hybridized carbons (Fsp3) is 0.929. The first-order valence-electron chi connectivity index (χ1n) is 7.32. The van der Waals surface area contributed by atoms with Crippen LogP contribution < -0.4 is 5.32 Å². The zero-order valence-corrected chi connectivity index (χ0v) is 11.4. The van der Waals surface area contributed by atoms with E-state index < -0.39 is 0 Å². The lowest BCUT2D eigenvalue weighted by Crippen LogP contribution is -2.42. The number of likely N-dealkylation sites (tertiary alicyclic amines) is 1. The quantitative estimate of drug-likeness (QED) is 0.787. The molecule has 1 aliphatic heterocycles. The summed E-state index contributed by atoms with van der Waals surface area (Å²) in [5, 5.41) is 12.7. The minimum atomic E-state index is -0.207. The maximum atomic E-state index is 11.8. The highest BCUT2D eigenvalue weighted by Crippen LogP contribution is 2.24. The fourth-order valence-corrected chi connectivity index (χ4v) is 2.98. The van der Waals surface area contributed by atoms with Crippen LogP contribution in [0.2, 0.25) is 0 Å². The second kappa shape index (κ2) is 6.53. The van der Waals surface area contributed by atoms with Gasteiger partial charge in [-0.05, 0) is 44.7 Å². The number of aliphatic hydroxyl groups is 1. The Morgan fingerprint density at radius 3 is 2.61 bits per heavy atom. The predicted octanol–water partition coefficient (Wildman–Crippen LogP) is 0.995. The van der Waals surface area contributed by atoms with Gasteiger partial charge in [-0.3, -0.25) is 9.69 Å². The molecule has 2 fully saturated rings. The van der Waals surface area contributed by atoms with Crippen molar-refractivity contribution in [1.82, 2.24) is 10.2 Å². The van der Waals surface area contributed by atoms with Crippen molar-refractivity contribution < 1.29 is 9.90 Å². The number of aliphatic hydroxyl groups excluding tert-OH is 1. The summed E-state index contributed by atoms with van der Waals surface area (Å²) in [6, 6.07) is 0. The number of nitrogens with zero attached hydrogens (tertiary/aromatic N) is 1. The summed E-state index contributed by atoms with van der Waals surface area (Å²) in [6.07, 6.45) is 5.23. The maximum absolute atomic E-state index is 11.8. The van der Waals surface area contributed by atoms with Gasteiger partial charge in [0.15, 0.2) is 0 Å². The van der Waals surface area contributed by atoms with E-state index in [-0.39, 0.29) is 17.9 Å². The molecule has 1 heterocycles. The lowest BCUT2D eigenvalue weighted by molar-refractivity contribution is -0.122. The molecule has 2 rings (SSSR count). The molecule has 0 radical (unpaired) electrons. The Balaban J connectivity index is 1.63. The lowest BCUT2D eigenvalue weighted by Gasteiger charge is -2.29. The first-order chi connectivity index (χ1) is 8.65. The summed E-state index contributed by atoms with van der Waals surface area (Å²) in [4.78, 5) is 14.1. The molecular weight excluding hydrogens is 228 g/mol. The maximum Gasteiger partial charge on any atom is 0.234 e. The third-order valence-corrected chi connectivity index (χ3v) is 4.42. The highest BCUT2D eigenvalue weighted by atomic mass is 16.3. The Bertz CT molecular complexity index is 275. The van der Waals surface area contributed by atoms with Crippen LogP contribution in [0.4, 0.5) is 0 Å². The van der Waals surface area contributed by atoms with Crippen LogP contribution in [-0.4, -0.2) is 48.2 Å². The summed E-state index contributed by atoms with van der Waals surface area (Å²) >= 11 is 0. The molecule has 18 heavy (non-hydrogen) atoms. The molecule has 2 atom stereocenters. The van der Waals surface area contributed by atoms with Gasteiger partial charge in [0.25, 0.3) is 0 Å². The predicted molar refractivity (Wildman–Crippen MR) is 71.2 cm³/mol. The molecule has 0 spiro atoms. The molecule has 1 saturated heterocycles. The van der Waals surface area contributed by atoms with Crippen LogP contribution in [0.15, 0.2) is 0 Å². The van der Waals surface area contributed by atoms with Gasteiger partial charge in [-0.1, -0.05) is 13.3 Å². The smallest absolute Gasteiger partial charge is 0.234 e. The third kappa shape index (κ3) is 3.95. The fourth-order valence-electron chi connectivity index (χ4n) is 2.98. The standard InChI is InChI=1S/C14H26N2O2/c1-11-5-7-16(8-6-11)10-14(18)15-9-12-3-2-4-13(12)17/h11-13,17H,2-10H2,1H3,(H,15,18). The Labute approximate surface area is 110 Å². The van der Waals surface area contributed by atoms with Crippen LogP contribution in [-0.2, 0) is 4.79 Å². The first-order valence-corrected chi connectivity index (χ1v) is 7.32. The van der Waals surface area contributed by atoms with Crippen molar-refractivity contribution >= 4 is 5.91 Å². The molecule has 4 heteroatoms. The van der Waals surface area contributed by atoms with Crippen molar-refractivity contribution in [2.45, 2.75) is 45.1 Å². The number of amides is 1. The highest BCUT2D eigenvalue weighted by molar-refractivity contribution is 5.78. The number of hydrogen-bond acceptors (Lipinski definition) is 3. The number of rotatable bonds is 4. The molecule has 104 valence electrons. The van der Waals surface area contributed by atoms with Gasteiger partial charge in [0, 0.05) is 12.5 Å². The van der Waals surface area contributed by atoms with Gasteiger partial charge in [-0.15, -0.1) is 0 Å². The van der Waals surface area contributed by atoms with Crippen LogP contribution in [0.25, 0.3) is 0 Å². The number of carbonyl (C=O) groups is 1. The average Bonchev–Trinajstić information content (AvgIpc) is 2.75. The van der Waals surface area contributed by atoms with Crippen molar-refractivity contribution in [1.29, 1.82) is 0 Å². The molecule has 1 aliphatic carbocycles. The Morgan fingerprint density at radius 1 is 1.28 bits per heavy atom. The van der Waals surface area contributed by atoms with E-state index in [4.69, 9.17) is 0 Å². The zero-order chi connectivity index (χ0) is 13.0. The van der Waals surface area contributed by atoms with Crippen molar-refractivity contribution in [3.05, 3.63) is 0 Å². The Morgan fingerprint density at radius 2 is 2.00 bits per heavy atom. The first kappa shape index (κ1) is 13.8. The topological polar surface area (TPSA) is 52.6 Å². The molecule has 0 bridgehead atoms. The number of nitrogens with one attached hydrogen (secondary N) is 1. The average molecular weight is 254 g/mol. The van der Waals surface area contributed by atoms with E-state index in [1.54, 1.807) is 0 Å². The van der Waals surface area contributed by atoms with E-state index in [1.165, 1.54) is 12.8 Å². The van der Waals surface area contributed by atoms with Gasteiger partial charge in [-0.2, -0.15) is 0 Å². The number of piperidine rings is 1. The molecule has 1 amide bonds. The van der Waals surface area contributed by atoms with Crippen molar-refractivity contribution in [3.63, 3.8) is 0 Å². The molecule has 2 N–H and O–H groups in total. The monoisotopic (exact) mass is 254 g/mol. The summed E-state index contributed by atoms with van der Waals surface area (Å²) in [5.41, 5.74) is 0. The molecule has 0 aromatic heterocycles. The zero-order valence-electron chi connectivity index (χ0n) is 11.4. The molecule has 0 aromatic rings. The van der Waals surface area contributed by atoms with Gasteiger partial charge in [0.05, 0.1) is 12.6 Å². The van der Waals surface area contributed by atoms with E-state index >= 15 is 0 Å². The largest absolute Gasteiger partial charge is 0.393 e. The van der Waals surface area contributed by atoms with E-state index in [9.17, 15) is 9.90 Å². The minimum absolute atomic E-state index is 0.114. The summed E-state index contributed by atoms with van der Waals surface area (Å²) in [6.45, 7) is 5.53. The van der Waals surface area contributed by atoms with Crippen LogP contribution in [0.3, 0.4) is 0 Å². The van der Waals surface area contributed by atoms with Gasteiger partial charge in [-0.25, -0.2) is 0 Å². The normalized spacial score (nSPS) is 30.6. The van der Waals surface area contributed by atoms with Crippen LogP contribution in [0.5, 0.6) is 0 Å². The number of carbonyl (C=O) groups excluding carboxylic acids is 1. The van der Waals surface area contributed by atoms with E-state index in [1.807, 2.05) is 0 Å². The second-order valence-corrected chi connectivity index (χ2v) is 6.02. The molecule has 4 nitrogen and oxygen atoms in total. The minimum Gasteiger partial charge on any atom is -0.393 e. The molecule has 0 aromatic carbocycles. The van der Waals surface area contributed by atoms with Crippen LogP contribution >= 0.6 is 0 Å². The van der Waals surface area contributed by atoms with Crippen molar-refractivity contribution in [2.24, 2.45) is 11.8 Å². The molecule has 1 saturated carbocycles. The summed E-state index contributed by atoms with van der Waals surface area (Å²) in [7, 11) is 0. The van der Waals surface area contributed by atoms with Crippen LogP contribution in [0.1, 0.15) is 39.0 Å². The Kier molecular flexibility index (Phi) is 5.01. The highest BCUT2D eigenvalue weighted by Gasteiger charge is 2.25. The molecular formula is C14H26N2O2. The van der Waals surface area contributed by atoms with E-state index in [0.29, 0.717) is 13.1 Å². The second-order valence-electron chi connectivity index (χ2n) is 6.02. The number of hydrogen-bond donors (Lipinski definition) is 2. The Hall–Kier alpha value is -0.610. The van der Waals surface area contributed by atoms with Gasteiger partial charge < -0.3 is 10.4 Å². The van der Waals surface area contributed by atoms with Gasteiger partial charge in [0.2, 0.25) is 5.91 Å². The third-order valence-electron chi connectivity index (χ3n) is 4.42. The molecule has 2 unspecified atom stereocenters. The van der Waals surface area contributed by atoms with E-state index in [0.717, 1.165) is 38.3 Å². The molecule has 2 aliphatic rings. The SMILES string of the molecule is CC1CCN(CC(=O)NCC2CCCC2O)CC1. The summed E-state index contributed by atoms with van der Waals surface area (Å²) < 4.78 is 0.